The van der Waals surface area contributed by atoms with E-state index >= 15 is 0 Å². The summed E-state index contributed by atoms with van der Waals surface area (Å²) < 4.78 is 66.8. The second-order valence-corrected chi connectivity index (χ2v) is 12.5. The van der Waals surface area contributed by atoms with Crippen molar-refractivity contribution in [1.29, 1.82) is 0 Å². The van der Waals surface area contributed by atoms with Crippen molar-refractivity contribution in [3.8, 4) is 22.4 Å². The van der Waals surface area contributed by atoms with Gasteiger partial charge in [-0.1, -0.05) is 30.3 Å². The number of fused-ring (bicyclic) bond motifs is 1. The van der Waals surface area contributed by atoms with Crippen molar-refractivity contribution in [2.75, 3.05) is 13.2 Å². The summed E-state index contributed by atoms with van der Waals surface area (Å²) in [4.78, 5) is 17.2. The summed E-state index contributed by atoms with van der Waals surface area (Å²) >= 11 is 0. The number of aliphatic hydroxyl groups is 1. The van der Waals surface area contributed by atoms with E-state index in [0.29, 0.717) is 33.5 Å². The number of hydrogen-bond donors (Lipinski definition) is 2. The van der Waals surface area contributed by atoms with Gasteiger partial charge in [-0.3, -0.25) is 4.79 Å². The van der Waals surface area contributed by atoms with E-state index in [1.165, 1.54) is 18.2 Å². The third-order valence-electron chi connectivity index (χ3n) is 6.27. The molecule has 1 unspecified atom stereocenters. The largest absolute Gasteiger partial charge is 0.405 e. The highest BCUT2D eigenvalue weighted by Crippen LogP contribution is 2.44. The Morgan fingerprint density at radius 3 is 2.33 bits per heavy atom. The van der Waals surface area contributed by atoms with Gasteiger partial charge in [-0.25, -0.2) is 17.9 Å². The van der Waals surface area contributed by atoms with Crippen LogP contribution in [0.4, 0.5) is 17.6 Å². The number of nitrogens with zero attached hydrogens (tertiary/aromatic N) is 2. The topological polar surface area (TPSA) is 82.5 Å². The fraction of sp³-hybridized carbons (Fsp3) is 0.357. The van der Waals surface area contributed by atoms with E-state index in [1.54, 1.807) is 40.7 Å². The second kappa shape index (κ2) is 11.1. The van der Waals surface area contributed by atoms with Crippen molar-refractivity contribution in [2.24, 2.45) is 0 Å². The first-order valence-electron chi connectivity index (χ1n) is 12.3. The molecule has 3 aromatic rings. The van der Waals surface area contributed by atoms with Gasteiger partial charge < -0.3 is 10.4 Å². The summed E-state index contributed by atoms with van der Waals surface area (Å²) in [5.41, 5.74) is 3.17. The lowest BCUT2D eigenvalue weighted by Crippen LogP contribution is -2.36. The second-order valence-electron chi connectivity index (χ2n) is 10.3. The summed E-state index contributed by atoms with van der Waals surface area (Å²) in [6, 6.07) is 13.9. The molecule has 0 fully saturated rings. The fourth-order valence-electron chi connectivity index (χ4n) is 4.59. The Bertz CT molecular complexity index is 1410. The van der Waals surface area contributed by atoms with E-state index in [2.05, 4.69) is 4.98 Å². The van der Waals surface area contributed by atoms with Crippen molar-refractivity contribution < 1.29 is 31.7 Å². The van der Waals surface area contributed by atoms with E-state index in [-0.39, 0.29) is 25.3 Å². The number of nitrogens with one attached hydrogen (secondary N) is 1. The molecule has 11 heteroatoms. The Morgan fingerprint density at radius 1 is 1.08 bits per heavy atom. The Balaban J connectivity index is 1.87. The van der Waals surface area contributed by atoms with Crippen LogP contribution in [0.2, 0.25) is 0 Å². The first-order chi connectivity index (χ1) is 18.3. The number of benzene rings is 2. The number of amides is 1. The highest BCUT2D eigenvalue weighted by atomic mass is 32.2. The van der Waals surface area contributed by atoms with Gasteiger partial charge >= 0.3 is 6.18 Å². The molecule has 208 valence electrons. The fourth-order valence-corrected chi connectivity index (χ4v) is 5.99. The van der Waals surface area contributed by atoms with Crippen molar-refractivity contribution in [1.82, 2.24) is 14.6 Å². The molecule has 6 nitrogen and oxygen atoms in total. The van der Waals surface area contributed by atoms with Crippen LogP contribution in [0.3, 0.4) is 0 Å². The van der Waals surface area contributed by atoms with Crippen LogP contribution in [-0.2, 0) is 17.5 Å². The zero-order valence-electron chi connectivity index (χ0n) is 21.7. The SMILES string of the molecule is CC(C)(C)S(=O)N1Cc2cc(C(=O)NCC(F)(F)F)nc(-c3cccc(-c4cccc(F)c4)c3)c2[C@@H]1CCO. The summed E-state index contributed by atoms with van der Waals surface area (Å²) in [5.74, 6) is -1.41. The number of carbonyl (C=O) groups excluding carboxylic acids is 1. The molecule has 1 aliphatic rings. The summed E-state index contributed by atoms with van der Waals surface area (Å²) in [5, 5.41) is 11.7. The van der Waals surface area contributed by atoms with E-state index < -0.39 is 46.2 Å². The average Bonchev–Trinajstić information content (AvgIpc) is 3.23. The zero-order chi connectivity index (χ0) is 28.5. The van der Waals surface area contributed by atoms with Gasteiger partial charge in [-0.05, 0) is 68.1 Å². The number of carbonyl (C=O) groups is 1. The number of pyridine rings is 1. The molecule has 39 heavy (non-hydrogen) atoms. The number of alkyl halides is 3. The quantitative estimate of drug-likeness (QED) is 0.370. The summed E-state index contributed by atoms with van der Waals surface area (Å²) in [6.07, 6.45) is -4.37. The van der Waals surface area contributed by atoms with E-state index in [1.807, 2.05) is 26.1 Å². The minimum atomic E-state index is -4.60. The lowest BCUT2D eigenvalue weighted by Gasteiger charge is -2.30. The lowest BCUT2D eigenvalue weighted by atomic mass is 9.94. The molecule has 0 radical (unpaired) electrons. The zero-order valence-corrected chi connectivity index (χ0v) is 22.5. The van der Waals surface area contributed by atoms with Crippen LogP contribution in [-0.4, -0.2) is 48.6 Å². The van der Waals surface area contributed by atoms with Crippen molar-refractivity contribution in [3.63, 3.8) is 0 Å². The van der Waals surface area contributed by atoms with Crippen LogP contribution < -0.4 is 5.32 Å². The Morgan fingerprint density at radius 2 is 1.72 bits per heavy atom. The molecule has 2 N–H and O–H groups in total. The van der Waals surface area contributed by atoms with Crippen molar-refractivity contribution in [3.05, 3.63) is 77.2 Å². The summed E-state index contributed by atoms with van der Waals surface area (Å²) in [6.45, 7) is 3.89. The monoisotopic (exact) mass is 563 g/mol. The van der Waals surface area contributed by atoms with Gasteiger partial charge in [0.2, 0.25) is 0 Å². The number of aromatic nitrogens is 1. The van der Waals surface area contributed by atoms with Gasteiger partial charge in [0.15, 0.2) is 0 Å². The van der Waals surface area contributed by atoms with Gasteiger partial charge in [0.05, 0.1) is 16.5 Å². The number of rotatable bonds is 7. The van der Waals surface area contributed by atoms with Crippen LogP contribution in [0, 0.1) is 5.82 Å². The van der Waals surface area contributed by atoms with Crippen LogP contribution in [0.5, 0.6) is 0 Å². The van der Waals surface area contributed by atoms with E-state index in [4.69, 9.17) is 0 Å². The van der Waals surface area contributed by atoms with Gasteiger partial charge in [0.1, 0.15) is 29.0 Å². The molecule has 2 heterocycles. The third kappa shape index (κ3) is 6.54. The molecular formula is C28H29F4N3O3S. The number of hydrogen-bond acceptors (Lipinski definition) is 4. The molecule has 4 rings (SSSR count). The van der Waals surface area contributed by atoms with Crippen molar-refractivity contribution >= 4 is 16.9 Å². The average molecular weight is 564 g/mol. The van der Waals surface area contributed by atoms with E-state index in [9.17, 15) is 31.7 Å². The van der Waals surface area contributed by atoms with E-state index in [0.717, 1.165) is 0 Å². The molecule has 1 amide bonds. The van der Waals surface area contributed by atoms with Gasteiger partial charge in [0.25, 0.3) is 5.91 Å². The third-order valence-corrected chi connectivity index (χ3v) is 8.12. The Kier molecular flexibility index (Phi) is 8.25. The number of aliphatic hydroxyl groups excluding tert-OH is 1. The maximum atomic E-state index is 13.9. The highest BCUT2D eigenvalue weighted by molar-refractivity contribution is 7.84. The molecule has 2 aromatic carbocycles. The molecule has 1 aliphatic heterocycles. The Hall–Kier alpha value is -3.15. The smallest absolute Gasteiger partial charge is 0.396 e. The first kappa shape index (κ1) is 28.8. The molecule has 2 atom stereocenters. The van der Waals surface area contributed by atoms with Gasteiger partial charge in [0, 0.05) is 24.3 Å². The van der Waals surface area contributed by atoms with Crippen LogP contribution in [0.25, 0.3) is 22.4 Å². The molecule has 1 aromatic heterocycles. The molecule has 0 spiro atoms. The maximum absolute atomic E-state index is 13.9. The molecule has 0 aliphatic carbocycles. The predicted octanol–water partition coefficient (Wildman–Crippen LogP) is 5.55. The molecule has 0 saturated heterocycles. The lowest BCUT2D eigenvalue weighted by molar-refractivity contribution is -0.123. The predicted molar refractivity (Wildman–Crippen MR) is 141 cm³/mol. The number of halogens is 4. The molecule has 0 saturated carbocycles. The molecule has 0 bridgehead atoms. The molecular weight excluding hydrogens is 534 g/mol. The minimum Gasteiger partial charge on any atom is -0.396 e. The standard InChI is InChI=1S/C28H29F4N3O3S/c1-27(2,3)39(38)35-15-20-14-22(26(37)33-16-28(30,31)32)34-25(24(20)23(35)10-11-36)19-8-4-6-17(12-19)18-7-5-9-21(29)13-18/h4-9,12-14,23,36H,10-11,15-16H2,1-3H3,(H,33,37)/t23-,39?/m0/s1. The van der Waals surface area contributed by atoms with Gasteiger partial charge in [-0.2, -0.15) is 13.2 Å². The van der Waals surface area contributed by atoms with Crippen LogP contribution in [0.1, 0.15) is 54.8 Å². The van der Waals surface area contributed by atoms with Crippen LogP contribution in [0.15, 0.2) is 54.6 Å². The summed E-state index contributed by atoms with van der Waals surface area (Å²) in [7, 11) is -1.50. The van der Waals surface area contributed by atoms with Crippen LogP contribution >= 0.6 is 0 Å². The van der Waals surface area contributed by atoms with Gasteiger partial charge in [-0.15, -0.1) is 0 Å². The maximum Gasteiger partial charge on any atom is 0.405 e. The Labute approximate surface area is 226 Å². The highest BCUT2D eigenvalue weighted by Gasteiger charge is 2.40. The van der Waals surface area contributed by atoms with Crippen molar-refractivity contribution in [2.45, 2.75) is 50.7 Å². The first-order valence-corrected chi connectivity index (χ1v) is 13.4. The minimum absolute atomic E-state index is 0.155. The normalized spacial score (nSPS) is 16.7.